The van der Waals surface area contributed by atoms with Crippen molar-refractivity contribution in [3.05, 3.63) is 40.4 Å². The van der Waals surface area contributed by atoms with E-state index in [0.29, 0.717) is 16.6 Å². The average molecular weight is 332 g/mol. The van der Waals surface area contributed by atoms with Crippen LogP contribution in [-0.2, 0) is 17.6 Å². The first-order valence-corrected chi connectivity index (χ1v) is 8.99. The van der Waals surface area contributed by atoms with Gasteiger partial charge in [0.25, 0.3) is 0 Å². The molecule has 1 N–H and O–H groups in total. The molecule has 0 fully saturated rings. The molecule has 1 heterocycles. The summed E-state index contributed by atoms with van der Waals surface area (Å²) in [7, 11) is 0. The van der Waals surface area contributed by atoms with E-state index in [9.17, 15) is 9.59 Å². The number of thiazole rings is 1. The van der Waals surface area contributed by atoms with Gasteiger partial charge in [-0.25, -0.2) is 4.98 Å². The Balaban J connectivity index is 1.54. The molecule has 1 aliphatic rings. The van der Waals surface area contributed by atoms with E-state index in [2.05, 4.69) is 28.5 Å². The van der Waals surface area contributed by atoms with Gasteiger partial charge in [0.05, 0.1) is 5.75 Å². The number of carbonyl (C=O) groups excluding carboxylic acids is 2. The Hall–Kier alpha value is -1.66. The van der Waals surface area contributed by atoms with Gasteiger partial charge in [-0.1, -0.05) is 6.07 Å². The zero-order chi connectivity index (χ0) is 15.5. The van der Waals surface area contributed by atoms with E-state index in [1.807, 2.05) is 0 Å². The normalized spacial score (nSPS) is 13.0. The van der Waals surface area contributed by atoms with E-state index in [1.54, 1.807) is 5.38 Å². The molecule has 0 radical (unpaired) electrons. The molecule has 1 aliphatic carbocycles. The van der Waals surface area contributed by atoms with Crippen molar-refractivity contribution in [2.45, 2.75) is 31.1 Å². The minimum Gasteiger partial charge on any atom is -0.301 e. The Morgan fingerprint density at radius 1 is 1.32 bits per heavy atom. The SMILES string of the molecule is CC(=O)c1csc(NC(=O)CSc2ccc3c(c2)CCC3)n1. The van der Waals surface area contributed by atoms with Gasteiger partial charge in [-0.2, -0.15) is 0 Å². The molecular formula is C16H16N2O2S2. The lowest BCUT2D eigenvalue weighted by molar-refractivity contribution is -0.113. The van der Waals surface area contributed by atoms with Crippen LogP contribution in [0.1, 0.15) is 35.0 Å². The van der Waals surface area contributed by atoms with Crippen LogP contribution >= 0.6 is 23.1 Å². The van der Waals surface area contributed by atoms with E-state index in [0.717, 1.165) is 11.3 Å². The summed E-state index contributed by atoms with van der Waals surface area (Å²) in [6.07, 6.45) is 3.54. The monoisotopic (exact) mass is 332 g/mol. The smallest absolute Gasteiger partial charge is 0.236 e. The van der Waals surface area contributed by atoms with Crippen LogP contribution in [0, 0.1) is 0 Å². The first kappa shape index (κ1) is 15.2. The Morgan fingerprint density at radius 3 is 2.91 bits per heavy atom. The van der Waals surface area contributed by atoms with Crippen molar-refractivity contribution in [3.8, 4) is 0 Å². The van der Waals surface area contributed by atoms with Crippen LogP contribution in [0.4, 0.5) is 5.13 Å². The molecule has 1 aromatic heterocycles. The fourth-order valence-corrected chi connectivity index (χ4v) is 3.96. The summed E-state index contributed by atoms with van der Waals surface area (Å²) < 4.78 is 0. The van der Waals surface area contributed by atoms with Gasteiger partial charge in [0.2, 0.25) is 5.91 Å². The van der Waals surface area contributed by atoms with Crippen molar-refractivity contribution >= 4 is 39.9 Å². The second-order valence-corrected chi connectivity index (χ2v) is 7.12. The van der Waals surface area contributed by atoms with Gasteiger partial charge in [0.1, 0.15) is 5.69 Å². The number of carbonyl (C=O) groups is 2. The number of rotatable bonds is 5. The standard InChI is InChI=1S/C16H16N2O2S2/c1-10(19)14-8-22-16(17-14)18-15(20)9-21-13-6-5-11-3-2-4-12(11)7-13/h5-8H,2-4,9H2,1H3,(H,17,18,20). The predicted octanol–water partition coefficient (Wildman–Crippen LogP) is 3.57. The molecule has 2 aromatic rings. The van der Waals surface area contributed by atoms with E-state index < -0.39 is 0 Å². The maximum absolute atomic E-state index is 11.9. The number of ketones is 1. The highest BCUT2D eigenvalue weighted by Crippen LogP contribution is 2.27. The number of nitrogens with zero attached hydrogens (tertiary/aromatic N) is 1. The second-order valence-electron chi connectivity index (χ2n) is 5.22. The number of benzene rings is 1. The highest BCUT2D eigenvalue weighted by atomic mass is 32.2. The van der Waals surface area contributed by atoms with Crippen LogP contribution in [0.25, 0.3) is 0 Å². The number of aromatic nitrogens is 1. The number of hydrogen-bond acceptors (Lipinski definition) is 5. The van der Waals surface area contributed by atoms with Crippen molar-refractivity contribution in [3.63, 3.8) is 0 Å². The maximum atomic E-state index is 11.9. The van der Waals surface area contributed by atoms with Gasteiger partial charge in [-0.05, 0) is 42.5 Å². The van der Waals surface area contributed by atoms with Gasteiger partial charge >= 0.3 is 0 Å². The zero-order valence-corrected chi connectivity index (χ0v) is 13.9. The molecule has 0 spiro atoms. The van der Waals surface area contributed by atoms with Gasteiger partial charge in [0.15, 0.2) is 10.9 Å². The van der Waals surface area contributed by atoms with Crippen molar-refractivity contribution in [2.24, 2.45) is 0 Å². The Kier molecular flexibility index (Phi) is 4.59. The van der Waals surface area contributed by atoms with Crippen LogP contribution in [0.5, 0.6) is 0 Å². The molecule has 1 amide bonds. The molecule has 1 aromatic carbocycles. The van der Waals surface area contributed by atoms with Gasteiger partial charge in [-0.15, -0.1) is 23.1 Å². The molecule has 0 saturated carbocycles. The zero-order valence-electron chi connectivity index (χ0n) is 12.2. The number of amides is 1. The third-order valence-corrected chi connectivity index (χ3v) is 5.30. The maximum Gasteiger partial charge on any atom is 0.236 e. The molecule has 0 unspecified atom stereocenters. The third-order valence-electron chi connectivity index (χ3n) is 3.55. The molecule has 6 heteroatoms. The number of nitrogens with one attached hydrogen (secondary N) is 1. The van der Waals surface area contributed by atoms with E-state index in [1.165, 1.54) is 54.0 Å². The molecular weight excluding hydrogens is 316 g/mol. The first-order valence-electron chi connectivity index (χ1n) is 7.13. The molecule has 4 nitrogen and oxygen atoms in total. The van der Waals surface area contributed by atoms with E-state index in [-0.39, 0.29) is 11.7 Å². The number of fused-ring (bicyclic) bond motifs is 1. The van der Waals surface area contributed by atoms with E-state index in [4.69, 9.17) is 0 Å². The highest BCUT2D eigenvalue weighted by molar-refractivity contribution is 8.00. The Bertz CT molecular complexity index is 725. The number of thioether (sulfide) groups is 1. The van der Waals surface area contributed by atoms with Gasteiger partial charge in [0, 0.05) is 17.2 Å². The molecule has 0 bridgehead atoms. The summed E-state index contributed by atoms with van der Waals surface area (Å²) in [5, 5.41) is 4.87. The minimum atomic E-state index is -0.102. The average Bonchev–Trinajstić information content (AvgIpc) is 3.13. The fourth-order valence-electron chi connectivity index (χ4n) is 2.44. The number of anilines is 1. The summed E-state index contributed by atoms with van der Waals surface area (Å²) in [5.74, 6) is 0.146. The number of hydrogen-bond donors (Lipinski definition) is 1. The largest absolute Gasteiger partial charge is 0.301 e. The molecule has 114 valence electrons. The first-order chi connectivity index (χ1) is 10.6. The van der Waals surface area contributed by atoms with E-state index >= 15 is 0 Å². The second kappa shape index (κ2) is 6.62. The Labute approximate surface area is 137 Å². The number of Topliss-reactive ketones (excluding diaryl/α,β-unsaturated/α-hetero) is 1. The molecule has 0 aliphatic heterocycles. The quantitative estimate of drug-likeness (QED) is 0.672. The van der Waals surface area contributed by atoms with Crippen LogP contribution in [0.3, 0.4) is 0 Å². The Morgan fingerprint density at radius 2 is 2.14 bits per heavy atom. The molecule has 0 atom stereocenters. The summed E-state index contributed by atoms with van der Waals surface area (Å²) in [6, 6.07) is 6.44. The third kappa shape index (κ3) is 3.56. The van der Waals surface area contributed by atoms with Crippen LogP contribution < -0.4 is 5.32 Å². The fraction of sp³-hybridized carbons (Fsp3) is 0.312. The van der Waals surface area contributed by atoms with Crippen LogP contribution in [0.15, 0.2) is 28.5 Å². The lowest BCUT2D eigenvalue weighted by Gasteiger charge is -2.05. The number of aryl methyl sites for hydroxylation is 2. The van der Waals surface area contributed by atoms with Crippen LogP contribution in [-0.4, -0.2) is 22.4 Å². The topological polar surface area (TPSA) is 59.1 Å². The van der Waals surface area contributed by atoms with Crippen molar-refractivity contribution < 1.29 is 9.59 Å². The molecule has 0 saturated heterocycles. The summed E-state index contributed by atoms with van der Waals surface area (Å²) in [6.45, 7) is 1.46. The van der Waals surface area contributed by atoms with Gasteiger partial charge in [-0.3, -0.25) is 9.59 Å². The summed E-state index contributed by atoms with van der Waals surface area (Å²) >= 11 is 2.80. The summed E-state index contributed by atoms with van der Waals surface area (Å²) in [4.78, 5) is 28.3. The minimum absolute atomic E-state index is 0.0933. The molecule has 22 heavy (non-hydrogen) atoms. The summed E-state index contributed by atoms with van der Waals surface area (Å²) in [5.41, 5.74) is 3.25. The van der Waals surface area contributed by atoms with Gasteiger partial charge < -0.3 is 5.32 Å². The van der Waals surface area contributed by atoms with Crippen LogP contribution in [0.2, 0.25) is 0 Å². The van der Waals surface area contributed by atoms with Crippen molar-refractivity contribution in [2.75, 3.05) is 11.1 Å². The highest BCUT2D eigenvalue weighted by Gasteiger charge is 2.12. The lowest BCUT2D eigenvalue weighted by Crippen LogP contribution is -2.14. The lowest BCUT2D eigenvalue weighted by atomic mass is 10.1. The van der Waals surface area contributed by atoms with Crippen molar-refractivity contribution in [1.82, 2.24) is 4.98 Å². The predicted molar refractivity (Wildman–Crippen MR) is 89.9 cm³/mol. The molecule has 3 rings (SSSR count). The van der Waals surface area contributed by atoms with Crippen molar-refractivity contribution in [1.29, 1.82) is 0 Å².